The van der Waals surface area contributed by atoms with E-state index in [0.29, 0.717) is 10.0 Å². The van der Waals surface area contributed by atoms with Crippen LogP contribution in [0.2, 0.25) is 0 Å². The number of aromatic nitrogens is 1. The summed E-state index contributed by atoms with van der Waals surface area (Å²) < 4.78 is 4.66. The highest BCUT2D eigenvalue weighted by Gasteiger charge is 2.17. The van der Waals surface area contributed by atoms with Crippen molar-refractivity contribution in [3.8, 4) is 10.6 Å². The molecule has 0 aliphatic rings. The molecular formula is C15H12N2O2S. The molecule has 0 fully saturated rings. The molecule has 0 saturated heterocycles. The van der Waals surface area contributed by atoms with Gasteiger partial charge in [-0.25, -0.2) is 9.78 Å². The zero-order valence-electron chi connectivity index (χ0n) is 10.8. The largest absolute Gasteiger partial charge is 0.464 e. The first kappa shape index (κ1) is 12.6. The molecule has 0 aliphatic carbocycles. The van der Waals surface area contributed by atoms with E-state index in [9.17, 15) is 4.79 Å². The molecule has 1 aromatic heterocycles. The number of carbonyl (C=O) groups excluding carboxylic acids is 1. The Hall–Kier alpha value is -2.40. The minimum Gasteiger partial charge on any atom is -0.464 e. The van der Waals surface area contributed by atoms with Gasteiger partial charge >= 0.3 is 5.97 Å². The average Bonchev–Trinajstić information content (AvgIpc) is 2.88. The van der Waals surface area contributed by atoms with Crippen LogP contribution in [0.15, 0.2) is 42.5 Å². The van der Waals surface area contributed by atoms with E-state index in [2.05, 4.69) is 15.8 Å². The number of benzene rings is 2. The lowest BCUT2D eigenvalue weighted by Gasteiger charge is -2.00. The molecule has 3 rings (SSSR count). The third-order valence-electron chi connectivity index (χ3n) is 3.03. The number of thiazole rings is 1. The molecule has 2 aromatic carbocycles. The van der Waals surface area contributed by atoms with Gasteiger partial charge in [-0.2, -0.15) is 0 Å². The Balaban J connectivity index is 2.09. The van der Waals surface area contributed by atoms with Gasteiger partial charge in [0.25, 0.3) is 0 Å². The summed E-state index contributed by atoms with van der Waals surface area (Å²) in [5, 5.41) is 3.38. The van der Waals surface area contributed by atoms with E-state index in [1.165, 1.54) is 18.4 Å². The summed E-state index contributed by atoms with van der Waals surface area (Å²) in [5.74, 6) is -0.509. The van der Waals surface area contributed by atoms with E-state index < -0.39 is 5.97 Å². The topological polar surface area (TPSA) is 65.2 Å². The predicted molar refractivity (Wildman–Crippen MR) is 80.8 cm³/mol. The predicted octanol–water partition coefficient (Wildman–Crippen LogP) is 3.33. The van der Waals surface area contributed by atoms with Gasteiger partial charge in [0.1, 0.15) is 10.0 Å². The highest BCUT2D eigenvalue weighted by Crippen LogP contribution is 2.32. The van der Waals surface area contributed by atoms with Crippen molar-refractivity contribution in [2.45, 2.75) is 0 Å². The maximum Gasteiger partial charge on any atom is 0.359 e. The minimum absolute atomic E-state index is 0.181. The Morgan fingerprint density at radius 1 is 1.20 bits per heavy atom. The molecule has 0 bridgehead atoms. The molecule has 0 aliphatic heterocycles. The second-order valence-corrected chi connectivity index (χ2v) is 5.32. The van der Waals surface area contributed by atoms with Gasteiger partial charge in [0.05, 0.1) is 7.11 Å². The van der Waals surface area contributed by atoms with Crippen molar-refractivity contribution in [1.82, 2.24) is 4.98 Å². The van der Waals surface area contributed by atoms with Gasteiger partial charge in [0.2, 0.25) is 0 Å². The fourth-order valence-corrected chi connectivity index (χ4v) is 2.84. The number of hydrogen-bond donors (Lipinski definition) is 1. The third kappa shape index (κ3) is 2.12. The van der Waals surface area contributed by atoms with E-state index >= 15 is 0 Å². The lowest BCUT2D eigenvalue weighted by Crippen LogP contribution is -2.04. The zero-order valence-corrected chi connectivity index (χ0v) is 11.6. The lowest BCUT2D eigenvalue weighted by molar-refractivity contribution is 0.0596. The molecule has 0 atom stereocenters. The van der Waals surface area contributed by atoms with Gasteiger partial charge in [0, 0.05) is 5.56 Å². The monoisotopic (exact) mass is 284 g/mol. The number of carbonyl (C=O) groups is 1. The van der Waals surface area contributed by atoms with E-state index in [-0.39, 0.29) is 5.69 Å². The van der Waals surface area contributed by atoms with Crippen LogP contribution in [0.25, 0.3) is 21.3 Å². The number of hydrogen-bond acceptors (Lipinski definition) is 5. The molecule has 0 saturated carbocycles. The van der Waals surface area contributed by atoms with Crippen molar-refractivity contribution in [2.75, 3.05) is 12.8 Å². The Labute approximate surface area is 119 Å². The quantitative estimate of drug-likeness (QED) is 0.733. The maximum atomic E-state index is 11.5. The van der Waals surface area contributed by atoms with Crippen LogP contribution in [-0.2, 0) is 4.74 Å². The van der Waals surface area contributed by atoms with Crippen molar-refractivity contribution in [1.29, 1.82) is 0 Å². The number of fused-ring (bicyclic) bond motifs is 1. The summed E-state index contributed by atoms with van der Waals surface area (Å²) in [7, 11) is 1.32. The van der Waals surface area contributed by atoms with Gasteiger partial charge in [0.15, 0.2) is 5.69 Å². The zero-order chi connectivity index (χ0) is 14.1. The van der Waals surface area contributed by atoms with Crippen LogP contribution in [0.3, 0.4) is 0 Å². The molecule has 1 heterocycles. The second kappa shape index (κ2) is 4.94. The average molecular weight is 284 g/mol. The van der Waals surface area contributed by atoms with E-state index in [1.807, 2.05) is 36.4 Å². The first-order valence-electron chi connectivity index (χ1n) is 6.03. The fraction of sp³-hybridized carbons (Fsp3) is 0.0667. The number of anilines is 1. The van der Waals surface area contributed by atoms with Crippen LogP contribution in [0.1, 0.15) is 10.5 Å². The minimum atomic E-state index is -0.509. The summed E-state index contributed by atoms with van der Waals surface area (Å²) in [4.78, 5) is 15.8. The Morgan fingerprint density at radius 3 is 2.70 bits per heavy atom. The van der Waals surface area contributed by atoms with Gasteiger partial charge in [-0.3, -0.25) is 0 Å². The standard InChI is InChI=1S/C15H12N2O2S/c1-19-15(18)12-13(16)20-14(17-12)11-7-6-9-4-2-3-5-10(9)8-11/h2-8H,16H2,1H3. The van der Waals surface area contributed by atoms with Gasteiger partial charge in [-0.1, -0.05) is 47.7 Å². The first-order valence-corrected chi connectivity index (χ1v) is 6.84. The van der Waals surface area contributed by atoms with Crippen molar-refractivity contribution in [3.05, 3.63) is 48.2 Å². The molecule has 0 radical (unpaired) electrons. The van der Waals surface area contributed by atoms with Crippen molar-refractivity contribution < 1.29 is 9.53 Å². The number of nitrogens with two attached hydrogens (primary N) is 1. The molecule has 100 valence electrons. The van der Waals surface area contributed by atoms with Crippen LogP contribution in [0, 0.1) is 0 Å². The van der Waals surface area contributed by atoms with E-state index in [4.69, 9.17) is 5.73 Å². The number of methoxy groups -OCH3 is 1. The van der Waals surface area contributed by atoms with E-state index in [0.717, 1.165) is 16.3 Å². The van der Waals surface area contributed by atoms with E-state index in [1.54, 1.807) is 0 Å². The van der Waals surface area contributed by atoms with Gasteiger partial charge < -0.3 is 10.5 Å². The number of nitrogens with zero attached hydrogens (tertiary/aromatic N) is 1. The smallest absolute Gasteiger partial charge is 0.359 e. The van der Waals surface area contributed by atoms with Gasteiger partial charge in [-0.15, -0.1) is 0 Å². The number of ether oxygens (including phenoxy) is 1. The number of nitrogen functional groups attached to an aromatic ring is 1. The Kier molecular flexibility index (Phi) is 3.12. The van der Waals surface area contributed by atoms with Crippen LogP contribution in [0.4, 0.5) is 5.00 Å². The normalized spacial score (nSPS) is 10.7. The molecule has 2 N–H and O–H groups in total. The Morgan fingerprint density at radius 2 is 1.95 bits per heavy atom. The Bertz CT molecular complexity index is 795. The van der Waals surface area contributed by atoms with Crippen LogP contribution in [-0.4, -0.2) is 18.1 Å². The lowest BCUT2D eigenvalue weighted by atomic mass is 10.1. The molecule has 20 heavy (non-hydrogen) atoms. The van der Waals surface area contributed by atoms with Crippen LogP contribution in [0.5, 0.6) is 0 Å². The number of rotatable bonds is 2. The molecular weight excluding hydrogens is 272 g/mol. The third-order valence-corrected chi connectivity index (χ3v) is 3.96. The first-order chi connectivity index (χ1) is 9.69. The number of esters is 1. The SMILES string of the molecule is COC(=O)c1nc(-c2ccc3ccccc3c2)sc1N. The highest BCUT2D eigenvalue weighted by atomic mass is 32.1. The summed E-state index contributed by atoms with van der Waals surface area (Å²) in [6, 6.07) is 14.1. The molecule has 3 aromatic rings. The highest BCUT2D eigenvalue weighted by molar-refractivity contribution is 7.19. The molecule has 0 amide bonds. The fourth-order valence-electron chi connectivity index (χ4n) is 2.02. The van der Waals surface area contributed by atoms with Crippen molar-refractivity contribution in [3.63, 3.8) is 0 Å². The van der Waals surface area contributed by atoms with Gasteiger partial charge in [-0.05, 0) is 16.8 Å². The summed E-state index contributed by atoms with van der Waals surface area (Å²) in [5.41, 5.74) is 6.94. The van der Waals surface area contributed by atoms with Crippen molar-refractivity contribution in [2.24, 2.45) is 0 Å². The summed E-state index contributed by atoms with van der Waals surface area (Å²) >= 11 is 1.29. The maximum absolute atomic E-state index is 11.5. The van der Waals surface area contributed by atoms with Crippen molar-refractivity contribution >= 4 is 33.1 Å². The second-order valence-electron chi connectivity index (χ2n) is 4.29. The van der Waals surface area contributed by atoms with Crippen LogP contribution >= 0.6 is 11.3 Å². The molecule has 0 spiro atoms. The summed E-state index contributed by atoms with van der Waals surface area (Å²) in [6.45, 7) is 0. The van der Waals surface area contributed by atoms with Crippen LogP contribution < -0.4 is 5.73 Å². The molecule has 0 unspecified atom stereocenters. The molecule has 4 nitrogen and oxygen atoms in total. The summed E-state index contributed by atoms with van der Waals surface area (Å²) in [6.07, 6.45) is 0. The molecule has 5 heteroatoms.